The molecule has 0 radical (unpaired) electrons. The van der Waals surface area contributed by atoms with Crippen molar-refractivity contribution in [1.82, 2.24) is 4.90 Å². The molecule has 19 heavy (non-hydrogen) atoms. The molecule has 1 fully saturated rings. The van der Waals surface area contributed by atoms with E-state index in [-0.39, 0.29) is 11.9 Å². The van der Waals surface area contributed by atoms with Gasteiger partial charge in [-0.1, -0.05) is 19.1 Å². The fourth-order valence-corrected chi connectivity index (χ4v) is 2.35. The lowest BCUT2D eigenvalue weighted by Gasteiger charge is -2.33. The van der Waals surface area contributed by atoms with Crippen LogP contribution in [0.2, 0.25) is 0 Å². The van der Waals surface area contributed by atoms with E-state index in [1.54, 1.807) is 19.2 Å². The van der Waals surface area contributed by atoms with E-state index in [1.807, 2.05) is 24.0 Å². The first-order valence-electron chi connectivity index (χ1n) is 6.68. The lowest BCUT2D eigenvalue weighted by molar-refractivity contribution is 0.0295. The van der Waals surface area contributed by atoms with E-state index in [0.29, 0.717) is 30.3 Å². The Hall–Kier alpha value is -1.39. The van der Waals surface area contributed by atoms with E-state index in [2.05, 4.69) is 0 Å². The molecule has 0 aliphatic carbocycles. The van der Waals surface area contributed by atoms with Gasteiger partial charge in [0.25, 0.3) is 0 Å². The minimum Gasteiger partial charge on any atom is -0.497 e. The molecule has 104 valence electrons. The zero-order valence-corrected chi connectivity index (χ0v) is 11.5. The zero-order valence-electron chi connectivity index (χ0n) is 11.5. The number of piperidine rings is 1. The molecule has 0 spiro atoms. The van der Waals surface area contributed by atoms with Crippen molar-refractivity contribution in [3.05, 3.63) is 29.8 Å². The van der Waals surface area contributed by atoms with Crippen LogP contribution in [0.4, 0.5) is 0 Å². The summed E-state index contributed by atoms with van der Waals surface area (Å²) in [5.41, 5.74) is 0.660. The number of hydrogen-bond donors (Lipinski definition) is 1. The molecule has 1 aliphatic rings. The monoisotopic (exact) mass is 263 g/mol. The van der Waals surface area contributed by atoms with Crippen molar-refractivity contribution in [3.63, 3.8) is 0 Å². The van der Waals surface area contributed by atoms with Gasteiger partial charge in [0.15, 0.2) is 5.78 Å². The van der Waals surface area contributed by atoms with Gasteiger partial charge in [0.1, 0.15) is 5.75 Å². The van der Waals surface area contributed by atoms with Crippen molar-refractivity contribution in [3.8, 4) is 5.75 Å². The van der Waals surface area contributed by atoms with Crippen molar-refractivity contribution in [2.75, 3.05) is 26.7 Å². The van der Waals surface area contributed by atoms with Crippen LogP contribution in [0.5, 0.6) is 5.75 Å². The molecule has 1 aromatic rings. The highest BCUT2D eigenvalue weighted by molar-refractivity contribution is 5.97. The molecule has 4 nitrogen and oxygen atoms in total. The van der Waals surface area contributed by atoms with E-state index in [9.17, 15) is 9.90 Å². The van der Waals surface area contributed by atoms with Gasteiger partial charge in [-0.05, 0) is 31.0 Å². The summed E-state index contributed by atoms with van der Waals surface area (Å²) < 4.78 is 5.12. The van der Waals surface area contributed by atoms with Crippen LogP contribution in [-0.4, -0.2) is 48.6 Å². The molecule has 1 aliphatic heterocycles. The molecule has 0 saturated carbocycles. The first-order valence-corrected chi connectivity index (χ1v) is 6.68. The van der Waals surface area contributed by atoms with Crippen LogP contribution >= 0.6 is 0 Å². The normalized spacial score (nSPS) is 24.2. The number of ether oxygens (including phenoxy) is 1. The van der Waals surface area contributed by atoms with Gasteiger partial charge in [-0.2, -0.15) is 0 Å². The molecule has 2 unspecified atom stereocenters. The van der Waals surface area contributed by atoms with Crippen molar-refractivity contribution in [2.45, 2.75) is 19.4 Å². The van der Waals surface area contributed by atoms with E-state index in [0.717, 1.165) is 13.0 Å². The second-order valence-corrected chi connectivity index (χ2v) is 5.22. The number of hydrogen-bond acceptors (Lipinski definition) is 4. The first-order chi connectivity index (χ1) is 9.10. The molecule has 0 amide bonds. The van der Waals surface area contributed by atoms with Gasteiger partial charge in [-0.15, -0.1) is 0 Å². The SMILES string of the molecule is COc1cccc(C(=O)CN2CCC(C)C(O)C2)c1. The van der Waals surface area contributed by atoms with Gasteiger partial charge >= 0.3 is 0 Å². The number of benzene rings is 1. The van der Waals surface area contributed by atoms with Gasteiger partial charge in [0, 0.05) is 12.1 Å². The van der Waals surface area contributed by atoms with Crippen LogP contribution in [0.3, 0.4) is 0 Å². The van der Waals surface area contributed by atoms with Crippen LogP contribution in [0.15, 0.2) is 24.3 Å². The fourth-order valence-electron chi connectivity index (χ4n) is 2.35. The summed E-state index contributed by atoms with van der Waals surface area (Å²) in [6.07, 6.45) is 0.610. The van der Waals surface area contributed by atoms with Crippen LogP contribution in [0.25, 0.3) is 0 Å². The van der Waals surface area contributed by atoms with Crippen molar-refractivity contribution in [1.29, 1.82) is 0 Å². The van der Waals surface area contributed by atoms with Gasteiger partial charge < -0.3 is 9.84 Å². The fraction of sp³-hybridized carbons (Fsp3) is 0.533. The number of Topliss-reactive ketones (excluding diaryl/α,β-unsaturated/α-hetero) is 1. The topological polar surface area (TPSA) is 49.8 Å². The largest absolute Gasteiger partial charge is 0.497 e. The standard InChI is InChI=1S/C15H21NO3/c1-11-6-7-16(9-14(11)17)10-15(18)12-4-3-5-13(8-12)19-2/h3-5,8,11,14,17H,6-7,9-10H2,1-2H3. The maximum Gasteiger partial charge on any atom is 0.176 e. The second-order valence-electron chi connectivity index (χ2n) is 5.22. The number of β-amino-alcohol motifs (C(OH)–C–C–N with tert-alkyl or cyclic N) is 1. The Morgan fingerprint density at radius 3 is 3.00 bits per heavy atom. The van der Waals surface area contributed by atoms with Crippen LogP contribution in [-0.2, 0) is 0 Å². The molecule has 2 rings (SSSR count). The highest BCUT2D eigenvalue weighted by Crippen LogP contribution is 2.18. The maximum atomic E-state index is 12.2. The van der Waals surface area contributed by atoms with Crippen molar-refractivity contribution >= 4 is 5.78 Å². The number of ketones is 1. The third-order valence-corrected chi connectivity index (χ3v) is 3.76. The number of nitrogens with zero attached hydrogens (tertiary/aromatic N) is 1. The van der Waals surface area contributed by atoms with Gasteiger partial charge in [0.2, 0.25) is 0 Å². The summed E-state index contributed by atoms with van der Waals surface area (Å²) in [5, 5.41) is 9.84. The lowest BCUT2D eigenvalue weighted by atomic mass is 9.95. The van der Waals surface area contributed by atoms with Gasteiger partial charge in [0.05, 0.1) is 19.8 Å². The maximum absolute atomic E-state index is 12.2. The Kier molecular flexibility index (Phi) is 4.56. The number of likely N-dealkylation sites (tertiary alicyclic amines) is 1. The molecule has 0 aromatic heterocycles. The summed E-state index contributed by atoms with van der Waals surface area (Å²) >= 11 is 0. The quantitative estimate of drug-likeness (QED) is 0.838. The molecule has 4 heteroatoms. The van der Waals surface area contributed by atoms with Gasteiger partial charge in [-0.25, -0.2) is 0 Å². The Labute approximate surface area is 114 Å². The number of aliphatic hydroxyl groups excluding tert-OH is 1. The number of carbonyl (C=O) groups excluding carboxylic acids is 1. The molecule has 2 atom stereocenters. The Bertz CT molecular complexity index is 447. The predicted octanol–water partition coefficient (Wildman–Crippen LogP) is 1.58. The van der Waals surface area contributed by atoms with Crippen LogP contribution in [0.1, 0.15) is 23.7 Å². The number of carbonyl (C=O) groups is 1. The summed E-state index contributed by atoms with van der Waals surface area (Å²) in [7, 11) is 1.59. The molecule has 0 bridgehead atoms. The highest BCUT2D eigenvalue weighted by Gasteiger charge is 2.25. The van der Waals surface area contributed by atoms with E-state index in [4.69, 9.17) is 4.74 Å². The number of rotatable bonds is 4. The van der Waals surface area contributed by atoms with E-state index < -0.39 is 0 Å². The zero-order chi connectivity index (χ0) is 13.8. The molecule has 1 saturated heterocycles. The average molecular weight is 263 g/mol. The predicted molar refractivity (Wildman–Crippen MR) is 73.6 cm³/mol. The third-order valence-electron chi connectivity index (χ3n) is 3.76. The average Bonchev–Trinajstić information content (AvgIpc) is 2.43. The highest BCUT2D eigenvalue weighted by atomic mass is 16.5. The van der Waals surface area contributed by atoms with E-state index in [1.165, 1.54) is 0 Å². The molecule has 1 heterocycles. The number of methoxy groups -OCH3 is 1. The Balaban J connectivity index is 1.97. The van der Waals surface area contributed by atoms with Crippen molar-refractivity contribution < 1.29 is 14.6 Å². The third kappa shape index (κ3) is 3.55. The minimum absolute atomic E-state index is 0.0700. The van der Waals surface area contributed by atoms with Gasteiger partial charge in [-0.3, -0.25) is 9.69 Å². The molecule has 1 aromatic carbocycles. The minimum atomic E-state index is -0.327. The second kappa shape index (κ2) is 6.17. The molecular weight excluding hydrogens is 242 g/mol. The summed E-state index contributed by atoms with van der Waals surface area (Å²) in [6, 6.07) is 7.20. The van der Waals surface area contributed by atoms with Crippen LogP contribution < -0.4 is 4.74 Å². The Morgan fingerprint density at radius 1 is 1.53 bits per heavy atom. The summed E-state index contributed by atoms with van der Waals surface area (Å²) in [4.78, 5) is 14.2. The lowest BCUT2D eigenvalue weighted by Crippen LogP contribution is -2.44. The molecular formula is C15H21NO3. The number of aliphatic hydroxyl groups is 1. The van der Waals surface area contributed by atoms with Crippen molar-refractivity contribution in [2.24, 2.45) is 5.92 Å². The van der Waals surface area contributed by atoms with Crippen LogP contribution in [0, 0.1) is 5.92 Å². The summed E-state index contributed by atoms with van der Waals surface area (Å²) in [5.74, 6) is 1.09. The first kappa shape index (κ1) is 14.0. The Morgan fingerprint density at radius 2 is 2.32 bits per heavy atom. The van der Waals surface area contributed by atoms with E-state index >= 15 is 0 Å². The smallest absolute Gasteiger partial charge is 0.176 e. The summed E-state index contributed by atoms with van der Waals surface area (Å²) in [6.45, 7) is 3.85. The molecule has 1 N–H and O–H groups in total.